The number of nitrogens with zero attached hydrogens (tertiary/aromatic N) is 3. The van der Waals surface area contributed by atoms with Gasteiger partial charge in [0.15, 0.2) is 5.84 Å². The minimum atomic E-state index is 0.0833. The summed E-state index contributed by atoms with van der Waals surface area (Å²) in [6.07, 6.45) is 4.11. The Bertz CT molecular complexity index is 798. The molecule has 0 bridgehead atoms. The van der Waals surface area contributed by atoms with Crippen LogP contribution in [0.4, 0.5) is 0 Å². The van der Waals surface area contributed by atoms with Gasteiger partial charge in [0.1, 0.15) is 11.7 Å². The number of aliphatic imine (C=N–C) groups is 1. The van der Waals surface area contributed by atoms with E-state index < -0.39 is 0 Å². The summed E-state index contributed by atoms with van der Waals surface area (Å²) in [4.78, 5) is 9.55. The zero-order valence-corrected chi connectivity index (χ0v) is 18.6. The molecule has 0 amide bonds. The smallest absolute Gasteiger partial charge is 0.152 e. The molecule has 7 heteroatoms. The number of hydrogen-bond donors (Lipinski definition) is 2. The van der Waals surface area contributed by atoms with Crippen LogP contribution < -0.4 is 4.74 Å². The second-order valence-corrected chi connectivity index (χ2v) is 7.06. The molecule has 0 saturated carbocycles. The first-order chi connectivity index (χ1) is 13.3. The zero-order valence-electron chi connectivity index (χ0n) is 17.0. The first-order valence-electron chi connectivity index (χ1n) is 9.00. The SMILES string of the molecule is C=NC(=N)c1cncc(Cl)c1.CCN(C)CCc1cc(C)c(OCS)cc1C. The highest BCUT2D eigenvalue weighted by Gasteiger charge is 2.06. The molecule has 5 nitrogen and oxygen atoms in total. The lowest BCUT2D eigenvalue weighted by atomic mass is 10.0. The van der Waals surface area contributed by atoms with Crippen LogP contribution in [-0.2, 0) is 6.42 Å². The fourth-order valence-electron chi connectivity index (χ4n) is 2.45. The molecule has 0 aliphatic carbocycles. The van der Waals surface area contributed by atoms with Crippen molar-refractivity contribution in [2.75, 3.05) is 26.1 Å². The van der Waals surface area contributed by atoms with E-state index in [4.69, 9.17) is 21.7 Å². The number of hydrogen-bond acceptors (Lipinski definition) is 5. The van der Waals surface area contributed by atoms with Gasteiger partial charge in [-0.05, 0) is 69.4 Å². The molecule has 0 unspecified atom stereocenters. The Kier molecular flexibility index (Phi) is 10.8. The predicted octanol–water partition coefficient (Wildman–Crippen LogP) is 4.82. The molecule has 0 spiro atoms. The van der Waals surface area contributed by atoms with E-state index in [1.165, 1.54) is 29.1 Å². The maximum Gasteiger partial charge on any atom is 0.152 e. The van der Waals surface area contributed by atoms with Crippen LogP contribution in [0.15, 0.2) is 35.6 Å². The summed E-state index contributed by atoms with van der Waals surface area (Å²) in [6.45, 7) is 11.8. The van der Waals surface area contributed by atoms with E-state index in [0.29, 0.717) is 16.5 Å². The number of aromatic nitrogens is 1. The van der Waals surface area contributed by atoms with Crippen LogP contribution >= 0.6 is 24.2 Å². The molecule has 0 saturated heterocycles. The fraction of sp³-hybridized carbons (Fsp3) is 0.381. The van der Waals surface area contributed by atoms with Gasteiger partial charge in [-0.3, -0.25) is 10.4 Å². The highest BCUT2D eigenvalue weighted by molar-refractivity contribution is 7.80. The lowest BCUT2D eigenvalue weighted by Crippen LogP contribution is -2.20. The van der Waals surface area contributed by atoms with Crippen molar-refractivity contribution in [3.8, 4) is 5.75 Å². The van der Waals surface area contributed by atoms with Gasteiger partial charge in [0.25, 0.3) is 0 Å². The second kappa shape index (κ2) is 12.5. The second-order valence-electron chi connectivity index (χ2n) is 6.36. The van der Waals surface area contributed by atoms with Crippen LogP contribution in [0.5, 0.6) is 5.75 Å². The van der Waals surface area contributed by atoms with Crippen LogP contribution in [0.2, 0.25) is 5.02 Å². The van der Waals surface area contributed by atoms with Crippen LogP contribution in [0.25, 0.3) is 0 Å². The minimum Gasteiger partial charge on any atom is -0.483 e. The number of nitrogens with one attached hydrogen (secondary N) is 1. The largest absolute Gasteiger partial charge is 0.483 e. The van der Waals surface area contributed by atoms with E-state index in [1.807, 2.05) is 0 Å². The molecule has 28 heavy (non-hydrogen) atoms. The molecule has 0 radical (unpaired) electrons. The van der Waals surface area contributed by atoms with Gasteiger partial charge in [-0.2, -0.15) is 0 Å². The number of pyridine rings is 1. The highest BCUT2D eigenvalue weighted by Crippen LogP contribution is 2.23. The van der Waals surface area contributed by atoms with Crippen LogP contribution in [0.1, 0.15) is 29.2 Å². The van der Waals surface area contributed by atoms with Gasteiger partial charge in [-0.15, -0.1) is 12.6 Å². The van der Waals surface area contributed by atoms with Gasteiger partial charge in [0.2, 0.25) is 0 Å². The molecule has 0 aliphatic heterocycles. The number of aryl methyl sites for hydroxylation is 2. The molecular formula is C21H29ClN4OS. The topological polar surface area (TPSA) is 61.6 Å². The first-order valence-corrected chi connectivity index (χ1v) is 10.0. The van der Waals surface area contributed by atoms with Crippen molar-refractivity contribution in [1.29, 1.82) is 5.41 Å². The average Bonchev–Trinajstić information content (AvgIpc) is 2.69. The van der Waals surface area contributed by atoms with Gasteiger partial charge in [-0.25, -0.2) is 4.99 Å². The van der Waals surface area contributed by atoms with E-state index in [0.717, 1.165) is 25.3 Å². The normalized spacial score (nSPS) is 10.2. The van der Waals surface area contributed by atoms with Gasteiger partial charge in [0.05, 0.1) is 5.02 Å². The first kappa shape index (κ1) is 24.1. The Morgan fingerprint density at radius 3 is 2.57 bits per heavy atom. The molecule has 152 valence electrons. The average molecular weight is 421 g/mol. The standard InChI is InChI=1S/C14H23NOS.C7H6ClN3/c1-5-15(4)7-6-13-8-12(3)14(16-10-17)9-11(13)2;1-10-7(9)5-2-6(8)4-11-3-5/h8-9,17H,5-7,10H2,1-4H3;2-4,9H,1H2. The lowest BCUT2D eigenvalue weighted by Gasteiger charge is -2.16. The van der Waals surface area contributed by atoms with Crippen molar-refractivity contribution in [2.45, 2.75) is 27.2 Å². The Balaban J connectivity index is 0.000000307. The van der Waals surface area contributed by atoms with E-state index >= 15 is 0 Å². The number of likely N-dealkylation sites (N-methyl/N-ethyl adjacent to an activating group) is 1. The Labute approximate surface area is 178 Å². The number of halogens is 1. The third-order valence-corrected chi connectivity index (χ3v) is 4.63. The van der Waals surface area contributed by atoms with Crippen molar-refractivity contribution in [1.82, 2.24) is 9.88 Å². The third-order valence-electron chi connectivity index (χ3n) is 4.29. The van der Waals surface area contributed by atoms with Crippen molar-refractivity contribution < 1.29 is 4.74 Å². The van der Waals surface area contributed by atoms with Crippen LogP contribution in [0.3, 0.4) is 0 Å². The summed E-state index contributed by atoms with van der Waals surface area (Å²) in [7, 11) is 2.15. The highest BCUT2D eigenvalue weighted by atomic mass is 35.5. The lowest BCUT2D eigenvalue weighted by molar-refractivity contribution is 0.357. The third kappa shape index (κ3) is 8.00. The number of ether oxygens (including phenoxy) is 1. The molecule has 2 aromatic rings. The monoisotopic (exact) mass is 420 g/mol. The van der Waals surface area contributed by atoms with Crippen LogP contribution in [-0.4, -0.2) is 48.5 Å². The fourth-order valence-corrected chi connectivity index (χ4v) is 2.76. The maximum absolute atomic E-state index is 7.25. The van der Waals surface area contributed by atoms with Gasteiger partial charge < -0.3 is 9.64 Å². The number of benzene rings is 1. The molecule has 0 aliphatic rings. The molecule has 1 heterocycles. The van der Waals surface area contributed by atoms with E-state index in [-0.39, 0.29) is 5.84 Å². The summed E-state index contributed by atoms with van der Waals surface area (Å²) in [6, 6.07) is 5.97. The molecular weight excluding hydrogens is 392 g/mol. The Morgan fingerprint density at radius 1 is 1.29 bits per heavy atom. The van der Waals surface area contributed by atoms with Gasteiger partial charge in [0, 0.05) is 24.5 Å². The van der Waals surface area contributed by atoms with E-state index in [9.17, 15) is 0 Å². The summed E-state index contributed by atoms with van der Waals surface area (Å²) in [5.41, 5.74) is 4.48. The predicted molar refractivity (Wildman–Crippen MR) is 123 cm³/mol. The van der Waals surface area contributed by atoms with Gasteiger partial charge in [-0.1, -0.05) is 24.6 Å². The van der Waals surface area contributed by atoms with Crippen LogP contribution in [0, 0.1) is 19.3 Å². The molecule has 0 atom stereocenters. The molecule has 1 aromatic heterocycles. The number of rotatable bonds is 7. The van der Waals surface area contributed by atoms with Crippen molar-refractivity contribution in [3.05, 3.63) is 57.9 Å². The molecule has 1 aromatic carbocycles. The van der Waals surface area contributed by atoms with Crippen molar-refractivity contribution >= 4 is 36.8 Å². The zero-order chi connectivity index (χ0) is 21.1. The van der Waals surface area contributed by atoms with E-state index in [1.54, 1.807) is 6.07 Å². The molecule has 1 N–H and O–H groups in total. The summed E-state index contributed by atoms with van der Waals surface area (Å²) in [5, 5.41) is 7.74. The number of amidine groups is 1. The summed E-state index contributed by atoms with van der Waals surface area (Å²) < 4.78 is 5.47. The summed E-state index contributed by atoms with van der Waals surface area (Å²) >= 11 is 9.72. The number of thiol groups is 1. The van der Waals surface area contributed by atoms with Crippen molar-refractivity contribution in [2.24, 2.45) is 4.99 Å². The molecule has 2 rings (SSSR count). The Morgan fingerprint density at radius 2 is 2.00 bits per heavy atom. The molecule has 0 fully saturated rings. The van der Waals surface area contributed by atoms with Gasteiger partial charge >= 0.3 is 0 Å². The van der Waals surface area contributed by atoms with E-state index in [2.05, 4.69) is 74.2 Å². The quantitative estimate of drug-likeness (QED) is 0.292. The maximum atomic E-state index is 7.25. The Hall–Kier alpha value is -1.89. The summed E-state index contributed by atoms with van der Waals surface area (Å²) in [5.74, 6) is 1.46. The minimum absolute atomic E-state index is 0.0833. The van der Waals surface area contributed by atoms with Crippen molar-refractivity contribution in [3.63, 3.8) is 0 Å².